The van der Waals surface area contributed by atoms with Crippen molar-refractivity contribution in [1.29, 1.82) is 0 Å². The van der Waals surface area contributed by atoms with Crippen molar-refractivity contribution in [2.75, 3.05) is 13.2 Å². The summed E-state index contributed by atoms with van der Waals surface area (Å²) in [5, 5.41) is 2.34. The van der Waals surface area contributed by atoms with Gasteiger partial charge in [0.05, 0.1) is 0 Å². The Balaban J connectivity index is 2.49. The predicted molar refractivity (Wildman–Crippen MR) is 53.2 cm³/mol. The van der Waals surface area contributed by atoms with Gasteiger partial charge in [-0.25, -0.2) is 0 Å². The maximum absolute atomic E-state index is 12.0. The van der Waals surface area contributed by atoms with Crippen LogP contribution in [0.25, 0.3) is 0 Å². The second-order valence-electron chi connectivity index (χ2n) is 3.95. The van der Waals surface area contributed by atoms with E-state index >= 15 is 0 Å². The van der Waals surface area contributed by atoms with Crippen molar-refractivity contribution in [2.24, 2.45) is 0 Å². The molecule has 2 unspecified atom stereocenters. The number of carbonyl (C=O) groups excluding carboxylic acids is 1. The van der Waals surface area contributed by atoms with Crippen molar-refractivity contribution >= 4 is 5.91 Å². The van der Waals surface area contributed by atoms with E-state index in [-0.39, 0.29) is 0 Å². The fourth-order valence-corrected chi connectivity index (χ4v) is 1.63. The van der Waals surface area contributed by atoms with Gasteiger partial charge in [0.2, 0.25) is 5.91 Å². The van der Waals surface area contributed by atoms with Gasteiger partial charge in [-0.3, -0.25) is 4.79 Å². The van der Waals surface area contributed by atoms with E-state index in [9.17, 15) is 18.0 Å². The molecule has 0 bridgehead atoms. The summed E-state index contributed by atoms with van der Waals surface area (Å²) in [6, 6.07) is 0. The van der Waals surface area contributed by atoms with E-state index in [0.717, 1.165) is 12.8 Å². The molecule has 1 amide bonds. The van der Waals surface area contributed by atoms with Crippen LogP contribution in [0.15, 0.2) is 0 Å². The molecule has 17 heavy (non-hydrogen) atoms. The maximum atomic E-state index is 12.0. The van der Waals surface area contributed by atoms with Crippen molar-refractivity contribution in [2.45, 2.75) is 44.7 Å². The number of hydrogen-bond donors (Lipinski definition) is 1. The van der Waals surface area contributed by atoms with E-state index in [1.807, 2.05) is 0 Å². The summed E-state index contributed by atoms with van der Waals surface area (Å²) >= 11 is 0. The Morgan fingerprint density at radius 1 is 1.53 bits per heavy atom. The third-order valence-corrected chi connectivity index (χ3v) is 2.32. The van der Waals surface area contributed by atoms with Crippen LogP contribution in [-0.2, 0) is 14.3 Å². The molecule has 1 aliphatic heterocycles. The summed E-state index contributed by atoms with van der Waals surface area (Å²) in [7, 11) is 0. The highest BCUT2D eigenvalue weighted by molar-refractivity contribution is 5.73. The zero-order valence-electron chi connectivity index (χ0n) is 9.55. The van der Waals surface area contributed by atoms with Crippen LogP contribution in [0, 0.1) is 0 Å². The summed E-state index contributed by atoms with van der Waals surface area (Å²) in [5.41, 5.74) is 0. The van der Waals surface area contributed by atoms with Crippen LogP contribution in [0.5, 0.6) is 0 Å². The number of hydrogen-bond acceptors (Lipinski definition) is 3. The molecular formula is C10H16F3NO3. The molecule has 2 atom stereocenters. The van der Waals surface area contributed by atoms with Crippen LogP contribution in [0.2, 0.25) is 0 Å². The van der Waals surface area contributed by atoms with Gasteiger partial charge in [-0.1, -0.05) is 0 Å². The molecule has 1 saturated heterocycles. The first kappa shape index (κ1) is 14.2. The fraction of sp³-hybridized carbons (Fsp3) is 0.900. The Morgan fingerprint density at radius 3 is 2.71 bits per heavy atom. The first-order valence-electron chi connectivity index (χ1n) is 5.45. The Kier molecular flexibility index (Phi) is 5.20. The highest BCUT2D eigenvalue weighted by Crippen LogP contribution is 2.20. The number of carbonyl (C=O) groups is 1. The number of nitrogens with one attached hydrogen (secondary N) is 1. The molecule has 4 nitrogen and oxygen atoms in total. The molecule has 1 aliphatic rings. The number of alkyl halides is 3. The normalized spacial score (nSPS) is 23.2. The first-order chi connectivity index (χ1) is 7.88. The quantitative estimate of drug-likeness (QED) is 0.776. The number of amides is 1. The second kappa shape index (κ2) is 6.20. The lowest BCUT2D eigenvalue weighted by Gasteiger charge is -2.30. The molecule has 100 valence electrons. The van der Waals surface area contributed by atoms with E-state index in [1.54, 1.807) is 0 Å². The largest absolute Gasteiger partial charge is 0.411 e. The highest BCUT2D eigenvalue weighted by Gasteiger charge is 2.33. The Bertz CT molecular complexity index is 252. The summed E-state index contributed by atoms with van der Waals surface area (Å²) in [4.78, 5) is 10.9. The van der Waals surface area contributed by atoms with Crippen molar-refractivity contribution < 1.29 is 27.4 Å². The van der Waals surface area contributed by atoms with Crippen molar-refractivity contribution in [3.05, 3.63) is 0 Å². The average molecular weight is 255 g/mol. The third-order valence-electron chi connectivity index (χ3n) is 2.32. The van der Waals surface area contributed by atoms with Gasteiger partial charge in [0.15, 0.2) is 6.23 Å². The van der Waals surface area contributed by atoms with Gasteiger partial charge in [-0.2, -0.15) is 13.2 Å². The second-order valence-corrected chi connectivity index (χ2v) is 3.95. The molecule has 1 N–H and O–H groups in total. The summed E-state index contributed by atoms with van der Waals surface area (Å²) in [5.74, 6) is -0.439. The average Bonchev–Trinajstić information content (AvgIpc) is 2.24. The van der Waals surface area contributed by atoms with Gasteiger partial charge < -0.3 is 14.8 Å². The molecule has 1 rings (SSSR count). The topological polar surface area (TPSA) is 47.6 Å². The van der Waals surface area contributed by atoms with E-state index in [4.69, 9.17) is 4.74 Å². The predicted octanol–water partition coefficient (Wildman–Crippen LogP) is 1.60. The smallest absolute Gasteiger partial charge is 0.374 e. The van der Waals surface area contributed by atoms with Gasteiger partial charge in [-0.15, -0.1) is 0 Å². The lowest BCUT2D eigenvalue weighted by molar-refractivity contribution is -0.206. The summed E-state index contributed by atoms with van der Waals surface area (Å²) in [6.07, 6.45) is -3.63. The molecule has 0 saturated carbocycles. The molecule has 7 heteroatoms. The van der Waals surface area contributed by atoms with Crippen molar-refractivity contribution in [3.8, 4) is 0 Å². The highest BCUT2D eigenvalue weighted by atomic mass is 19.4. The zero-order chi connectivity index (χ0) is 12.9. The third kappa shape index (κ3) is 5.88. The molecule has 0 aromatic heterocycles. The molecular weight excluding hydrogens is 239 g/mol. The van der Waals surface area contributed by atoms with Gasteiger partial charge in [0.1, 0.15) is 12.7 Å². The number of rotatable bonds is 4. The molecule has 0 aliphatic carbocycles. The SMILES string of the molecule is CC(=O)NC(OCC(F)(F)F)C1CCCCO1. The molecule has 0 aromatic rings. The van der Waals surface area contributed by atoms with Gasteiger partial charge in [0.25, 0.3) is 0 Å². The van der Waals surface area contributed by atoms with Crippen LogP contribution < -0.4 is 5.32 Å². The molecule has 0 aromatic carbocycles. The minimum atomic E-state index is -4.41. The van der Waals surface area contributed by atoms with Gasteiger partial charge >= 0.3 is 6.18 Å². The summed E-state index contributed by atoms with van der Waals surface area (Å²) < 4.78 is 46.1. The van der Waals surface area contributed by atoms with Crippen molar-refractivity contribution in [1.82, 2.24) is 5.32 Å². The van der Waals surface area contributed by atoms with E-state index < -0.39 is 31.0 Å². The minimum Gasteiger partial charge on any atom is -0.374 e. The number of ether oxygens (including phenoxy) is 2. The van der Waals surface area contributed by atoms with E-state index in [1.165, 1.54) is 6.92 Å². The first-order valence-corrected chi connectivity index (χ1v) is 5.45. The van der Waals surface area contributed by atoms with Crippen LogP contribution in [0.4, 0.5) is 13.2 Å². The van der Waals surface area contributed by atoms with Crippen LogP contribution in [-0.4, -0.2) is 37.6 Å². The van der Waals surface area contributed by atoms with Crippen LogP contribution >= 0.6 is 0 Å². The molecule has 1 fully saturated rings. The molecule has 0 spiro atoms. The lowest BCUT2D eigenvalue weighted by atomic mass is 10.1. The van der Waals surface area contributed by atoms with E-state index in [2.05, 4.69) is 10.1 Å². The fourth-order valence-electron chi connectivity index (χ4n) is 1.63. The van der Waals surface area contributed by atoms with Crippen molar-refractivity contribution in [3.63, 3.8) is 0 Å². The zero-order valence-corrected chi connectivity index (χ0v) is 9.55. The number of halogens is 3. The van der Waals surface area contributed by atoms with Crippen LogP contribution in [0.3, 0.4) is 0 Å². The van der Waals surface area contributed by atoms with Gasteiger partial charge in [-0.05, 0) is 19.3 Å². The Hall–Kier alpha value is -0.820. The van der Waals surface area contributed by atoms with Gasteiger partial charge in [0, 0.05) is 13.5 Å². The lowest BCUT2D eigenvalue weighted by Crippen LogP contribution is -2.48. The minimum absolute atomic E-state index is 0.439. The molecule has 1 heterocycles. The summed E-state index contributed by atoms with van der Waals surface area (Å²) in [6.45, 7) is 0.320. The monoisotopic (exact) mass is 255 g/mol. The van der Waals surface area contributed by atoms with Crippen LogP contribution in [0.1, 0.15) is 26.2 Å². The maximum Gasteiger partial charge on any atom is 0.411 e. The Labute approximate surface area is 97.5 Å². The standard InChI is InChI=1S/C10H16F3NO3/c1-7(15)14-9(17-6-10(11,12)13)8-4-2-3-5-16-8/h8-9H,2-6H2,1H3,(H,14,15). The Morgan fingerprint density at radius 2 is 2.24 bits per heavy atom. The van der Waals surface area contributed by atoms with E-state index in [0.29, 0.717) is 13.0 Å². The molecule has 0 radical (unpaired) electrons.